The van der Waals surface area contributed by atoms with Crippen LogP contribution in [0.3, 0.4) is 0 Å². The van der Waals surface area contributed by atoms with Crippen molar-refractivity contribution in [3.05, 3.63) is 52.8 Å². The minimum absolute atomic E-state index is 0.208. The lowest BCUT2D eigenvalue weighted by molar-refractivity contribution is 0.504. The van der Waals surface area contributed by atoms with Gasteiger partial charge in [-0.05, 0) is 37.3 Å². The summed E-state index contributed by atoms with van der Waals surface area (Å²) in [5.74, 6) is -2.35. The van der Waals surface area contributed by atoms with Gasteiger partial charge in [0.15, 0.2) is 11.6 Å². The van der Waals surface area contributed by atoms with Gasteiger partial charge in [0.1, 0.15) is 5.15 Å². The van der Waals surface area contributed by atoms with Crippen LogP contribution in [0.2, 0.25) is 5.15 Å². The molecule has 0 bridgehead atoms. The molecule has 1 aromatic heterocycles. The van der Waals surface area contributed by atoms with Gasteiger partial charge in [-0.1, -0.05) is 11.6 Å². The summed E-state index contributed by atoms with van der Waals surface area (Å²) in [5.41, 5.74) is 0.572. The fourth-order valence-electron chi connectivity index (χ4n) is 1.49. The van der Waals surface area contributed by atoms with E-state index in [2.05, 4.69) is 9.71 Å². The third-order valence-corrected chi connectivity index (χ3v) is 4.07. The predicted octanol–water partition coefficient (Wildman–Crippen LogP) is 3.12. The van der Waals surface area contributed by atoms with E-state index in [4.69, 9.17) is 11.6 Å². The van der Waals surface area contributed by atoms with Crippen molar-refractivity contribution in [1.82, 2.24) is 4.98 Å². The van der Waals surface area contributed by atoms with Gasteiger partial charge in [0.2, 0.25) is 0 Å². The Morgan fingerprint density at radius 1 is 1.15 bits per heavy atom. The SMILES string of the molecule is Cc1nc(Cl)ccc1NS(=O)(=O)c1ccc(F)c(F)c1. The van der Waals surface area contributed by atoms with Crippen LogP contribution in [0.5, 0.6) is 0 Å². The standard InChI is InChI=1S/C12H9ClF2N2O2S/c1-7-11(4-5-12(13)16-7)17-20(18,19)8-2-3-9(14)10(15)6-8/h2-6,17H,1H3. The number of pyridine rings is 1. The van der Waals surface area contributed by atoms with E-state index in [1.807, 2.05) is 0 Å². The predicted molar refractivity (Wildman–Crippen MR) is 71.2 cm³/mol. The molecule has 20 heavy (non-hydrogen) atoms. The van der Waals surface area contributed by atoms with Crippen LogP contribution < -0.4 is 4.72 Å². The van der Waals surface area contributed by atoms with Crippen LogP contribution in [0.25, 0.3) is 0 Å². The third kappa shape index (κ3) is 3.05. The van der Waals surface area contributed by atoms with E-state index in [1.54, 1.807) is 6.92 Å². The number of sulfonamides is 1. The lowest BCUT2D eigenvalue weighted by Gasteiger charge is -2.10. The van der Waals surface area contributed by atoms with Crippen molar-refractivity contribution in [2.24, 2.45) is 0 Å². The summed E-state index contributed by atoms with van der Waals surface area (Å²) in [7, 11) is -4.03. The second-order valence-electron chi connectivity index (χ2n) is 3.95. The Balaban J connectivity index is 2.38. The van der Waals surface area contributed by atoms with Gasteiger partial charge in [-0.25, -0.2) is 22.2 Å². The van der Waals surface area contributed by atoms with Crippen LogP contribution in [0.1, 0.15) is 5.69 Å². The van der Waals surface area contributed by atoms with E-state index in [0.29, 0.717) is 11.8 Å². The Labute approximate surface area is 119 Å². The van der Waals surface area contributed by atoms with Crippen molar-refractivity contribution >= 4 is 27.3 Å². The molecule has 0 fully saturated rings. The molecule has 2 rings (SSSR count). The molecule has 8 heteroatoms. The Bertz CT molecular complexity index is 766. The first-order valence-corrected chi connectivity index (χ1v) is 7.27. The molecule has 0 saturated heterocycles. The molecule has 0 spiro atoms. The largest absolute Gasteiger partial charge is 0.278 e. The zero-order chi connectivity index (χ0) is 14.9. The van der Waals surface area contributed by atoms with E-state index in [-0.39, 0.29) is 15.7 Å². The number of aryl methyl sites for hydroxylation is 1. The summed E-state index contributed by atoms with van der Waals surface area (Å²) in [5, 5.41) is 0.221. The average molecular weight is 319 g/mol. The number of hydrogen-bond donors (Lipinski definition) is 1. The summed E-state index contributed by atoms with van der Waals surface area (Å²) < 4.78 is 52.2. The molecule has 1 aromatic carbocycles. The van der Waals surface area contributed by atoms with Gasteiger partial charge >= 0.3 is 0 Å². The quantitative estimate of drug-likeness (QED) is 0.885. The first-order valence-electron chi connectivity index (χ1n) is 5.40. The smallest absolute Gasteiger partial charge is 0.262 e. The van der Waals surface area contributed by atoms with E-state index < -0.39 is 21.7 Å². The van der Waals surface area contributed by atoms with Crippen LogP contribution in [0.15, 0.2) is 35.2 Å². The highest BCUT2D eigenvalue weighted by molar-refractivity contribution is 7.92. The lowest BCUT2D eigenvalue weighted by atomic mass is 10.3. The van der Waals surface area contributed by atoms with Gasteiger partial charge < -0.3 is 0 Å². The topological polar surface area (TPSA) is 59.1 Å². The molecule has 4 nitrogen and oxygen atoms in total. The molecule has 106 valence electrons. The zero-order valence-electron chi connectivity index (χ0n) is 10.2. The van der Waals surface area contributed by atoms with Crippen molar-refractivity contribution in [2.45, 2.75) is 11.8 Å². The maximum atomic E-state index is 13.1. The van der Waals surface area contributed by atoms with Crippen LogP contribution in [-0.2, 0) is 10.0 Å². The van der Waals surface area contributed by atoms with Crippen molar-refractivity contribution < 1.29 is 17.2 Å². The molecule has 0 saturated carbocycles. The van der Waals surface area contributed by atoms with Gasteiger partial charge in [-0.3, -0.25) is 4.72 Å². The van der Waals surface area contributed by atoms with Crippen molar-refractivity contribution in [2.75, 3.05) is 4.72 Å². The Hall–Kier alpha value is -1.73. The number of rotatable bonds is 3. The highest BCUT2D eigenvalue weighted by Crippen LogP contribution is 2.21. The maximum absolute atomic E-state index is 13.1. The summed E-state index contributed by atoms with van der Waals surface area (Å²) >= 11 is 5.66. The lowest BCUT2D eigenvalue weighted by Crippen LogP contribution is -2.14. The molecule has 1 N–H and O–H groups in total. The summed E-state index contributed by atoms with van der Waals surface area (Å²) in [6.07, 6.45) is 0. The normalized spacial score (nSPS) is 11.4. The number of hydrogen-bond acceptors (Lipinski definition) is 3. The molecule has 0 aliphatic carbocycles. The minimum Gasteiger partial charge on any atom is -0.278 e. The Morgan fingerprint density at radius 3 is 2.45 bits per heavy atom. The molecular formula is C12H9ClF2N2O2S. The van der Waals surface area contributed by atoms with Gasteiger partial charge in [-0.2, -0.15) is 0 Å². The molecule has 0 aliphatic rings. The van der Waals surface area contributed by atoms with E-state index in [9.17, 15) is 17.2 Å². The number of aromatic nitrogens is 1. The van der Waals surface area contributed by atoms with Crippen LogP contribution in [0, 0.1) is 18.6 Å². The van der Waals surface area contributed by atoms with Crippen LogP contribution in [0.4, 0.5) is 14.5 Å². The minimum atomic E-state index is -4.03. The highest BCUT2D eigenvalue weighted by Gasteiger charge is 2.17. The molecule has 0 aliphatic heterocycles. The highest BCUT2D eigenvalue weighted by atomic mass is 35.5. The second kappa shape index (κ2) is 5.34. The first kappa shape index (κ1) is 14.7. The number of halogens is 3. The van der Waals surface area contributed by atoms with E-state index >= 15 is 0 Å². The average Bonchev–Trinajstić information content (AvgIpc) is 2.36. The molecule has 0 radical (unpaired) electrons. The van der Waals surface area contributed by atoms with Crippen LogP contribution >= 0.6 is 11.6 Å². The molecule has 2 aromatic rings. The fourth-order valence-corrected chi connectivity index (χ4v) is 2.80. The van der Waals surface area contributed by atoms with E-state index in [0.717, 1.165) is 12.1 Å². The molecule has 0 unspecified atom stereocenters. The molecule has 0 atom stereocenters. The van der Waals surface area contributed by atoms with E-state index in [1.165, 1.54) is 12.1 Å². The number of nitrogens with zero attached hydrogens (tertiary/aromatic N) is 1. The molecule has 1 heterocycles. The number of anilines is 1. The number of nitrogens with one attached hydrogen (secondary N) is 1. The van der Waals surface area contributed by atoms with Gasteiger partial charge in [0.25, 0.3) is 10.0 Å². The van der Waals surface area contributed by atoms with Gasteiger partial charge in [0, 0.05) is 0 Å². The zero-order valence-corrected chi connectivity index (χ0v) is 11.8. The molecule has 0 amide bonds. The fraction of sp³-hybridized carbons (Fsp3) is 0.0833. The van der Waals surface area contributed by atoms with Crippen molar-refractivity contribution in [3.63, 3.8) is 0 Å². The summed E-state index contributed by atoms with van der Waals surface area (Å²) in [6, 6.07) is 5.17. The second-order valence-corrected chi connectivity index (χ2v) is 6.02. The van der Waals surface area contributed by atoms with Gasteiger partial charge in [-0.15, -0.1) is 0 Å². The van der Waals surface area contributed by atoms with Gasteiger partial charge in [0.05, 0.1) is 16.3 Å². The Morgan fingerprint density at radius 2 is 1.85 bits per heavy atom. The van der Waals surface area contributed by atoms with Crippen molar-refractivity contribution in [1.29, 1.82) is 0 Å². The maximum Gasteiger partial charge on any atom is 0.262 e. The Kier molecular flexibility index (Phi) is 3.92. The number of benzene rings is 1. The summed E-state index contributed by atoms with van der Waals surface area (Å²) in [4.78, 5) is 3.50. The third-order valence-electron chi connectivity index (χ3n) is 2.50. The summed E-state index contributed by atoms with van der Waals surface area (Å²) in [6.45, 7) is 1.56. The molecular weight excluding hydrogens is 310 g/mol. The van der Waals surface area contributed by atoms with Crippen molar-refractivity contribution in [3.8, 4) is 0 Å². The van der Waals surface area contributed by atoms with Crippen LogP contribution in [-0.4, -0.2) is 13.4 Å². The first-order chi connectivity index (χ1) is 9.29. The monoisotopic (exact) mass is 318 g/mol.